The molecule has 1 saturated carbocycles. The van der Waals surface area contributed by atoms with Gasteiger partial charge in [-0.05, 0) is 53.0 Å². The number of amides is 1. The number of carbonyl (C=O) groups is 1. The molecule has 0 unspecified atom stereocenters. The van der Waals surface area contributed by atoms with E-state index in [1.54, 1.807) is 34.8 Å². The number of halogens is 1. The van der Waals surface area contributed by atoms with E-state index in [2.05, 4.69) is 5.32 Å². The molecule has 35 heavy (non-hydrogen) atoms. The molecule has 2 aromatic rings. The number of carbonyl (C=O) groups excluding carboxylic acids is 1. The number of rotatable bonds is 6. The molecule has 1 aliphatic carbocycles. The van der Waals surface area contributed by atoms with Gasteiger partial charge in [-0.1, -0.05) is 0 Å². The van der Waals surface area contributed by atoms with Gasteiger partial charge in [0.1, 0.15) is 11.4 Å². The number of nitrogens with one attached hydrogen (secondary N) is 1. The molecule has 1 aromatic carbocycles. The SMILES string of the molecule is COC[C@@]1(CNC(=O)OC(C)(C)C)CCN(c2c(F)cc3c(=O)n(N)c(=O)n(C4CC4)c3c2C)C1. The van der Waals surface area contributed by atoms with Crippen molar-refractivity contribution >= 4 is 22.7 Å². The number of aromatic nitrogens is 2. The number of ether oxygens (including phenoxy) is 2. The summed E-state index contributed by atoms with van der Waals surface area (Å²) >= 11 is 0. The largest absolute Gasteiger partial charge is 0.444 e. The molecule has 2 heterocycles. The molecule has 1 aliphatic heterocycles. The van der Waals surface area contributed by atoms with Crippen LogP contribution in [-0.2, 0) is 9.47 Å². The number of nitrogens with zero attached hydrogens (tertiary/aromatic N) is 3. The number of hydrogen-bond acceptors (Lipinski definition) is 7. The zero-order valence-corrected chi connectivity index (χ0v) is 20.9. The lowest BCUT2D eigenvalue weighted by atomic mass is 9.88. The molecule has 0 radical (unpaired) electrons. The molecule has 11 heteroatoms. The summed E-state index contributed by atoms with van der Waals surface area (Å²) < 4.78 is 28.4. The van der Waals surface area contributed by atoms with E-state index < -0.39 is 34.2 Å². The van der Waals surface area contributed by atoms with Gasteiger partial charge in [0.05, 0.1) is 23.2 Å². The highest BCUT2D eigenvalue weighted by Gasteiger charge is 2.41. The average molecular weight is 492 g/mol. The van der Waals surface area contributed by atoms with Crippen molar-refractivity contribution in [3.8, 4) is 0 Å². The maximum Gasteiger partial charge on any atom is 0.407 e. The van der Waals surface area contributed by atoms with E-state index >= 15 is 4.39 Å². The lowest BCUT2D eigenvalue weighted by Gasteiger charge is -2.31. The van der Waals surface area contributed by atoms with Crippen LogP contribution in [0.5, 0.6) is 0 Å². The van der Waals surface area contributed by atoms with Crippen molar-refractivity contribution in [3.63, 3.8) is 0 Å². The number of alkyl carbamates (subject to hydrolysis) is 1. The Morgan fingerprint density at radius 1 is 1.31 bits per heavy atom. The number of nitrogen functional groups attached to an aromatic ring is 1. The molecule has 1 amide bonds. The van der Waals surface area contributed by atoms with Crippen LogP contribution in [0.15, 0.2) is 15.7 Å². The molecule has 1 saturated heterocycles. The molecule has 10 nitrogen and oxygen atoms in total. The van der Waals surface area contributed by atoms with Gasteiger partial charge >= 0.3 is 11.8 Å². The van der Waals surface area contributed by atoms with Crippen LogP contribution in [0.3, 0.4) is 0 Å². The van der Waals surface area contributed by atoms with Crippen LogP contribution < -0.4 is 27.3 Å². The van der Waals surface area contributed by atoms with Gasteiger partial charge in [0.15, 0.2) is 0 Å². The van der Waals surface area contributed by atoms with Crippen molar-refractivity contribution in [3.05, 3.63) is 38.3 Å². The first-order valence-electron chi connectivity index (χ1n) is 11.8. The standard InChI is InChI=1S/C24H34FN5O5/c1-14-18-16(20(31)30(26)22(33)29(18)15-6-7-15)10-17(25)19(14)28-9-8-24(12-28,13-34-5)11-27-21(32)35-23(2,3)4/h10,15H,6-9,11-13,26H2,1-5H3,(H,27,32)/t24-/m1/s1. The fourth-order valence-corrected chi connectivity index (χ4v) is 5.04. The fourth-order valence-electron chi connectivity index (χ4n) is 5.04. The number of methoxy groups -OCH3 is 1. The van der Waals surface area contributed by atoms with Crippen molar-refractivity contribution in [1.29, 1.82) is 0 Å². The second kappa shape index (κ2) is 8.85. The number of aryl methyl sites for hydroxylation is 1. The highest BCUT2D eigenvalue weighted by atomic mass is 19.1. The Hall–Kier alpha value is -3.08. The predicted octanol–water partition coefficient (Wildman–Crippen LogP) is 2.03. The maximum absolute atomic E-state index is 15.5. The van der Waals surface area contributed by atoms with Crippen LogP contribution in [0, 0.1) is 18.2 Å². The Bertz CT molecular complexity index is 1280. The zero-order chi connectivity index (χ0) is 25.7. The van der Waals surface area contributed by atoms with Crippen LogP contribution in [0.25, 0.3) is 10.9 Å². The fraction of sp³-hybridized carbons (Fsp3) is 0.625. The highest BCUT2D eigenvalue weighted by molar-refractivity contribution is 5.87. The summed E-state index contributed by atoms with van der Waals surface area (Å²) in [4.78, 5) is 39.7. The molecule has 192 valence electrons. The zero-order valence-electron chi connectivity index (χ0n) is 20.9. The highest BCUT2D eigenvalue weighted by Crippen LogP contribution is 2.41. The van der Waals surface area contributed by atoms with Gasteiger partial charge in [-0.25, -0.2) is 14.0 Å². The van der Waals surface area contributed by atoms with E-state index in [1.807, 2.05) is 4.90 Å². The topological polar surface area (TPSA) is 121 Å². The van der Waals surface area contributed by atoms with E-state index in [0.717, 1.165) is 12.8 Å². The third-order valence-electron chi connectivity index (χ3n) is 6.69. The van der Waals surface area contributed by atoms with Crippen molar-refractivity contribution in [2.45, 2.75) is 58.6 Å². The second-order valence-corrected chi connectivity index (χ2v) is 10.7. The Morgan fingerprint density at radius 3 is 2.60 bits per heavy atom. The van der Waals surface area contributed by atoms with E-state index in [-0.39, 0.29) is 11.4 Å². The molecular weight excluding hydrogens is 457 g/mol. The summed E-state index contributed by atoms with van der Waals surface area (Å²) in [5.74, 6) is 5.16. The first kappa shape index (κ1) is 25.0. The van der Waals surface area contributed by atoms with Crippen LogP contribution in [-0.4, -0.2) is 54.3 Å². The normalized spacial score (nSPS) is 20.5. The molecular formula is C24H34FN5O5. The van der Waals surface area contributed by atoms with Gasteiger partial charge < -0.3 is 25.5 Å². The quantitative estimate of drug-likeness (QED) is 0.593. The Balaban J connectivity index is 1.70. The van der Waals surface area contributed by atoms with Crippen molar-refractivity contribution in [1.82, 2.24) is 14.6 Å². The van der Waals surface area contributed by atoms with E-state index in [1.165, 1.54) is 10.6 Å². The first-order valence-corrected chi connectivity index (χ1v) is 11.8. The van der Waals surface area contributed by atoms with Crippen molar-refractivity contribution < 1.29 is 18.7 Å². The molecule has 1 aromatic heterocycles. The second-order valence-electron chi connectivity index (χ2n) is 10.7. The van der Waals surface area contributed by atoms with E-state index in [0.29, 0.717) is 54.1 Å². The number of fused-ring (bicyclic) bond motifs is 1. The summed E-state index contributed by atoms with van der Waals surface area (Å²) in [6.07, 6.45) is 1.73. The minimum Gasteiger partial charge on any atom is -0.444 e. The number of benzene rings is 1. The van der Waals surface area contributed by atoms with Crippen LogP contribution in [0.1, 0.15) is 51.6 Å². The molecule has 0 spiro atoms. The van der Waals surface area contributed by atoms with Crippen molar-refractivity contribution in [2.75, 3.05) is 44.1 Å². The number of hydrogen-bond donors (Lipinski definition) is 2. The summed E-state index contributed by atoms with van der Waals surface area (Å²) in [6, 6.07) is 1.12. The maximum atomic E-state index is 15.5. The predicted molar refractivity (Wildman–Crippen MR) is 131 cm³/mol. The van der Waals surface area contributed by atoms with Crippen LogP contribution in [0.2, 0.25) is 0 Å². The molecule has 2 fully saturated rings. The first-order chi connectivity index (χ1) is 16.4. The Kier molecular flexibility index (Phi) is 6.33. The minimum atomic E-state index is -0.716. The number of anilines is 1. The van der Waals surface area contributed by atoms with E-state index in [9.17, 15) is 14.4 Å². The average Bonchev–Trinajstić information content (AvgIpc) is 3.52. The van der Waals surface area contributed by atoms with E-state index in [4.69, 9.17) is 15.3 Å². The summed E-state index contributed by atoms with van der Waals surface area (Å²) in [5.41, 5.74) is -1.10. The summed E-state index contributed by atoms with van der Waals surface area (Å²) in [5, 5.41) is 2.92. The Morgan fingerprint density at radius 2 is 2.00 bits per heavy atom. The lowest BCUT2D eigenvalue weighted by molar-refractivity contribution is 0.0452. The van der Waals surface area contributed by atoms with Gasteiger partial charge in [0.2, 0.25) is 0 Å². The van der Waals surface area contributed by atoms with Crippen LogP contribution >= 0.6 is 0 Å². The smallest absolute Gasteiger partial charge is 0.407 e. The van der Waals surface area contributed by atoms with Crippen molar-refractivity contribution in [2.24, 2.45) is 5.41 Å². The van der Waals surface area contributed by atoms with Crippen LogP contribution in [0.4, 0.5) is 14.9 Å². The van der Waals surface area contributed by atoms with Gasteiger partial charge in [0, 0.05) is 43.8 Å². The number of nitrogens with two attached hydrogens (primary N) is 1. The summed E-state index contributed by atoms with van der Waals surface area (Å²) in [6.45, 7) is 8.70. The molecule has 3 N–H and O–H groups in total. The summed E-state index contributed by atoms with van der Waals surface area (Å²) in [7, 11) is 1.59. The molecule has 2 aliphatic rings. The third-order valence-corrected chi connectivity index (χ3v) is 6.69. The van der Waals surface area contributed by atoms with Gasteiger partial charge in [0.25, 0.3) is 5.56 Å². The monoisotopic (exact) mass is 491 g/mol. The molecule has 4 rings (SSSR count). The third kappa shape index (κ3) is 4.73. The lowest BCUT2D eigenvalue weighted by Crippen LogP contribution is -2.45. The van der Waals surface area contributed by atoms with Gasteiger partial charge in [-0.15, -0.1) is 0 Å². The van der Waals surface area contributed by atoms with Gasteiger partial charge in [-0.2, -0.15) is 4.68 Å². The Labute approximate surface area is 202 Å². The van der Waals surface area contributed by atoms with Gasteiger partial charge in [-0.3, -0.25) is 9.36 Å². The molecule has 1 atom stereocenters. The minimum absolute atomic E-state index is 0.0541. The molecule has 0 bridgehead atoms.